The lowest BCUT2D eigenvalue weighted by molar-refractivity contribution is -0.121. The Morgan fingerprint density at radius 1 is 1.17 bits per heavy atom. The maximum atomic E-state index is 12.2. The van der Waals surface area contributed by atoms with Crippen LogP contribution < -0.4 is 15.4 Å². The van der Waals surface area contributed by atoms with Crippen molar-refractivity contribution < 1.29 is 9.53 Å². The Kier molecular flexibility index (Phi) is 4.93. The number of hydrogen-bond acceptors (Lipinski definition) is 3. The molecule has 3 rings (SSSR count). The molecule has 1 aliphatic rings. The third kappa shape index (κ3) is 4.11. The van der Waals surface area contributed by atoms with E-state index in [4.69, 9.17) is 4.74 Å². The highest BCUT2D eigenvalue weighted by Gasteiger charge is 2.28. The van der Waals surface area contributed by atoms with E-state index in [0.29, 0.717) is 12.5 Å². The summed E-state index contributed by atoms with van der Waals surface area (Å²) in [4.78, 5) is 12.2. The van der Waals surface area contributed by atoms with E-state index in [1.807, 2.05) is 61.5 Å². The largest absolute Gasteiger partial charge is 0.489 e. The Hall–Kier alpha value is -2.33. The van der Waals surface area contributed by atoms with Gasteiger partial charge in [0.15, 0.2) is 0 Å². The standard InChI is InChI=1S/C19H22N2O2/c1-14(16-11-20-12-16)19(22)21-17-7-9-18(10-8-17)23-13-15-5-3-2-4-6-15/h2-10,14,16,20H,11-13H2,1H3,(H,21,22). The zero-order chi connectivity index (χ0) is 16.1. The third-order valence-electron chi connectivity index (χ3n) is 4.30. The van der Waals surface area contributed by atoms with Crippen molar-refractivity contribution in [2.24, 2.45) is 11.8 Å². The van der Waals surface area contributed by atoms with Gasteiger partial charge in [0.25, 0.3) is 0 Å². The van der Waals surface area contributed by atoms with Gasteiger partial charge in [-0.25, -0.2) is 0 Å². The maximum Gasteiger partial charge on any atom is 0.227 e. The van der Waals surface area contributed by atoms with Gasteiger partial charge in [-0.05, 0) is 48.8 Å². The summed E-state index contributed by atoms with van der Waals surface area (Å²) in [6, 6.07) is 17.6. The minimum Gasteiger partial charge on any atom is -0.489 e. The Morgan fingerprint density at radius 2 is 1.87 bits per heavy atom. The van der Waals surface area contributed by atoms with Crippen LogP contribution in [0.1, 0.15) is 12.5 Å². The molecule has 0 spiro atoms. The van der Waals surface area contributed by atoms with Crippen LogP contribution in [-0.4, -0.2) is 19.0 Å². The summed E-state index contributed by atoms with van der Waals surface area (Å²) in [7, 11) is 0. The van der Waals surface area contributed by atoms with Gasteiger partial charge in [-0.2, -0.15) is 0 Å². The van der Waals surface area contributed by atoms with Crippen LogP contribution in [0, 0.1) is 11.8 Å². The first kappa shape index (κ1) is 15.6. The molecular formula is C19H22N2O2. The smallest absolute Gasteiger partial charge is 0.227 e. The fraction of sp³-hybridized carbons (Fsp3) is 0.316. The molecule has 4 heteroatoms. The van der Waals surface area contributed by atoms with E-state index in [0.717, 1.165) is 30.1 Å². The zero-order valence-corrected chi connectivity index (χ0v) is 13.3. The molecule has 23 heavy (non-hydrogen) atoms. The predicted molar refractivity (Wildman–Crippen MR) is 91.4 cm³/mol. The first-order valence-corrected chi connectivity index (χ1v) is 8.01. The highest BCUT2D eigenvalue weighted by molar-refractivity contribution is 5.92. The first-order chi connectivity index (χ1) is 11.2. The van der Waals surface area contributed by atoms with E-state index in [-0.39, 0.29) is 11.8 Å². The summed E-state index contributed by atoms with van der Waals surface area (Å²) in [5, 5.41) is 6.17. The fourth-order valence-electron chi connectivity index (χ4n) is 2.51. The molecule has 2 aromatic rings. The minimum absolute atomic E-state index is 0.0326. The van der Waals surface area contributed by atoms with Gasteiger partial charge in [0.05, 0.1) is 0 Å². The van der Waals surface area contributed by atoms with Crippen molar-refractivity contribution in [2.75, 3.05) is 18.4 Å². The van der Waals surface area contributed by atoms with E-state index in [1.165, 1.54) is 0 Å². The maximum absolute atomic E-state index is 12.2. The van der Waals surface area contributed by atoms with Crippen molar-refractivity contribution >= 4 is 11.6 Å². The van der Waals surface area contributed by atoms with Crippen LogP contribution in [0.4, 0.5) is 5.69 Å². The molecule has 1 saturated heterocycles. The van der Waals surface area contributed by atoms with Crippen molar-refractivity contribution in [1.29, 1.82) is 0 Å². The monoisotopic (exact) mass is 310 g/mol. The number of carbonyl (C=O) groups excluding carboxylic acids is 1. The number of ether oxygens (including phenoxy) is 1. The molecular weight excluding hydrogens is 288 g/mol. The SMILES string of the molecule is CC(C(=O)Nc1ccc(OCc2ccccc2)cc1)C1CNC1. The number of amides is 1. The van der Waals surface area contributed by atoms with E-state index in [9.17, 15) is 4.79 Å². The average molecular weight is 310 g/mol. The molecule has 2 N–H and O–H groups in total. The molecule has 0 saturated carbocycles. The van der Waals surface area contributed by atoms with Gasteiger partial charge in [0.2, 0.25) is 5.91 Å². The van der Waals surface area contributed by atoms with Crippen LogP contribution in [0.2, 0.25) is 0 Å². The number of nitrogens with one attached hydrogen (secondary N) is 2. The molecule has 0 bridgehead atoms. The van der Waals surface area contributed by atoms with Gasteiger partial charge in [0.1, 0.15) is 12.4 Å². The van der Waals surface area contributed by atoms with Gasteiger partial charge in [0, 0.05) is 11.6 Å². The Labute approximate surface area is 136 Å². The van der Waals surface area contributed by atoms with Crippen molar-refractivity contribution in [3.8, 4) is 5.75 Å². The molecule has 0 radical (unpaired) electrons. The number of benzene rings is 2. The molecule has 1 amide bonds. The molecule has 1 unspecified atom stereocenters. The summed E-state index contributed by atoms with van der Waals surface area (Å²) in [6.45, 7) is 4.39. The summed E-state index contributed by atoms with van der Waals surface area (Å²) in [6.07, 6.45) is 0. The molecule has 1 fully saturated rings. The first-order valence-electron chi connectivity index (χ1n) is 8.01. The number of hydrogen-bond donors (Lipinski definition) is 2. The fourth-order valence-corrected chi connectivity index (χ4v) is 2.51. The number of carbonyl (C=O) groups is 1. The third-order valence-corrected chi connectivity index (χ3v) is 4.30. The number of rotatable bonds is 6. The summed E-state index contributed by atoms with van der Waals surface area (Å²) < 4.78 is 5.74. The highest BCUT2D eigenvalue weighted by Crippen LogP contribution is 2.20. The number of anilines is 1. The normalized spacial score (nSPS) is 15.5. The lowest BCUT2D eigenvalue weighted by Crippen LogP contribution is -2.48. The highest BCUT2D eigenvalue weighted by atomic mass is 16.5. The van der Waals surface area contributed by atoms with Crippen LogP contribution in [0.15, 0.2) is 54.6 Å². The molecule has 1 heterocycles. The van der Waals surface area contributed by atoms with Gasteiger partial charge in [-0.15, -0.1) is 0 Å². The van der Waals surface area contributed by atoms with Crippen molar-refractivity contribution in [1.82, 2.24) is 5.32 Å². The van der Waals surface area contributed by atoms with Gasteiger partial charge in [-0.3, -0.25) is 4.79 Å². The lowest BCUT2D eigenvalue weighted by atomic mass is 9.88. The second-order valence-electron chi connectivity index (χ2n) is 5.99. The quantitative estimate of drug-likeness (QED) is 0.862. The molecule has 0 aromatic heterocycles. The minimum atomic E-state index is 0.0326. The van der Waals surface area contributed by atoms with Crippen molar-refractivity contribution in [3.05, 3.63) is 60.2 Å². The van der Waals surface area contributed by atoms with Crippen LogP contribution in [-0.2, 0) is 11.4 Å². The topological polar surface area (TPSA) is 50.4 Å². The summed E-state index contributed by atoms with van der Waals surface area (Å²) >= 11 is 0. The molecule has 1 atom stereocenters. The Balaban J connectivity index is 1.51. The van der Waals surface area contributed by atoms with E-state index in [2.05, 4.69) is 10.6 Å². The molecule has 4 nitrogen and oxygen atoms in total. The van der Waals surface area contributed by atoms with Crippen LogP contribution in [0.3, 0.4) is 0 Å². The lowest BCUT2D eigenvalue weighted by Gasteiger charge is -2.31. The van der Waals surface area contributed by atoms with Gasteiger partial charge in [-0.1, -0.05) is 37.3 Å². The molecule has 120 valence electrons. The average Bonchev–Trinajstić information content (AvgIpc) is 2.53. The van der Waals surface area contributed by atoms with Crippen molar-refractivity contribution in [3.63, 3.8) is 0 Å². The second kappa shape index (κ2) is 7.29. The van der Waals surface area contributed by atoms with Crippen molar-refractivity contribution in [2.45, 2.75) is 13.5 Å². The molecule has 1 aliphatic heterocycles. The van der Waals surface area contributed by atoms with Crippen LogP contribution in [0.5, 0.6) is 5.75 Å². The van der Waals surface area contributed by atoms with E-state index < -0.39 is 0 Å². The zero-order valence-electron chi connectivity index (χ0n) is 13.3. The predicted octanol–water partition coefficient (Wildman–Crippen LogP) is 3.06. The van der Waals surface area contributed by atoms with Gasteiger partial charge < -0.3 is 15.4 Å². The van der Waals surface area contributed by atoms with E-state index in [1.54, 1.807) is 0 Å². The van der Waals surface area contributed by atoms with Crippen LogP contribution >= 0.6 is 0 Å². The van der Waals surface area contributed by atoms with Gasteiger partial charge >= 0.3 is 0 Å². The second-order valence-corrected chi connectivity index (χ2v) is 5.99. The molecule has 2 aromatic carbocycles. The Morgan fingerprint density at radius 3 is 2.48 bits per heavy atom. The summed E-state index contributed by atoms with van der Waals surface area (Å²) in [5.74, 6) is 1.35. The Bertz CT molecular complexity index is 636. The summed E-state index contributed by atoms with van der Waals surface area (Å²) in [5.41, 5.74) is 1.94. The molecule has 0 aliphatic carbocycles. The van der Waals surface area contributed by atoms with Crippen LogP contribution in [0.25, 0.3) is 0 Å². The van der Waals surface area contributed by atoms with E-state index >= 15 is 0 Å².